The molecule has 0 saturated carbocycles. The molecule has 1 aromatic heterocycles. The highest BCUT2D eigenvalue weighted by Crippen LogP contribution is 2.27. The molecule has 21 heavy (non-hydrogen) atoms. The van der Waals surface area contributed by atoms with E-state index in [1.165, 1.54) is 10.8 Å². The van der Waals surface area contributed by atoms with Crippen LogP contribution >= 0.6 is 23.2 Å². The average Bonchev–Trinajstić information content (AvgIpc) is 2.78. The Morgan fingerprint density at radius 1 is 1.38 bits per heavy atom. The van der Waals surface area contributed by atoms with Gasteiger partial charge < -0.3 is 0 Å². The molecule has 0 spiro atoms. The van der Waals surface area contributed by atoms with E-state index in [1.54, 1.807) is 38.1 Å². The summed E-state index contributed by atoms with van der Waals surface area (Å²) in [6.07, 6.45) is 1.41. The summed E-state index contributed by atoms with van der Waals surface area (Å²) in [5.41, 5.74) is 1.82. The minimum atomic E-state index is -0.501. The van der Waals surface area contributed by atoms with Gasteiger partial charge in [-0.1, -0.05) is 35.3 Å². The second-order valence-corrected chi connectivity index (χ2v) is 5.24. The second-order valence-electron chi connectivity index (χ2n) is 4.46. The zero-order chi connectivity index (χ0) is 15.6. The summed E-state index contributed by atoms with van der Waals surface area (Å²) in [7, 11) is 0. The highest BCUT2D eigenvalue weighted by Gasteiger charge is 2.16. The molecule has 0 unspecified atom stereocenters. The second kappa shape index (κ2) is 6.13. The van der Waals surface area contributed by atoms with Crippen molar-refractivity contribution in [3.8, 4) is 6.07 Å². The minimum absolute atomic E-state index is 0.0645. The SMILES string of the molecule is Cc1cc(C)n(C(=O)/C(C#N)=C/c2cccc(Cl)c2Cl)n1. The number of carbonyl (C=O) groups is 1. The molecule has 0 aliphatic heterocycles. The Kier molecular flexibility index (Phi) is 4.46. The van der Waals surface area contributed by atoms with Crippen LogP contribution in [0.15, 0.2) is 29.8 Å². The van der Waals surface area contributed by atoms with E-state index >= 15 is 0 Å². The lowest BCUT2D eigenvalue weighted by molar-refractivity contribution is 0.0944. The van der Waals surface area contributed by atoms with Crippen LogP contribution in [0.25, 0.3) is 6.08 Å². The third-order valence-corrected chi connectivity index (χ3v) is 3.67. The molecule has 0 N–H and O–H groups in total. The Bertz CT molecular complexity index is 785. The number of allylic oxidation sites excluding steroid dienone is 1. The summed E-state index contributed by atoms with van der Waals surface area (Å²) in [5, 5.41) is 14.0. The van der Waals surface area contributed by atoms with Gasteiger partial charge in [-0.15, -0.1) is 0 Å². The van der Waals surface area contributed by atoms with Crippen molar-refractivity contribution in [1.29, 1.82) is 5.26 Å². The number of aromatic nitrogens is 2. The highest BCUT2D eigenvalue weighted by molar-refractivity contribution is 6.43. The fourth-order valence-electron chi connectivity index (χ4n) is 1.88. The predicted octanol–water partition coefficient (Wildman–Crippen LogP) is 4.05. The van der Waals surface area contributed by atoms with Gasteiger partial charge in [-0.25, -0.2) is 4.68 Å². The van der Waals surface area contributed by atoms with Crippen molar-refractivity contribution in [2.45, 2.75) is 13.8 Å². The molecule has 1 aromatic carbocycles. The van der Waals surface area contributed by atoms with Crippen LogP contribution in [0.5, 0.6) is 0 Å². The molecule has 2 aromatic rings. The van der Waals surface area contributed by atoms with Crippen molar-refractivity contribution in [1.82, 2.24) is 9.78 Å². The van der Waals surface area contributed by atoms with Crippen LogP contribution in [0.4, 0.5) is 0 Å². The molecule has 106 valence electrons. The molecule has 0 saturated heterocycles. The van der Waals surface area contributed by atoms with E-state index in [1.807, 2.05) is 6.07 Å². The van der Waals surface area contributed by atoms with Gasteiger partial charge in [0.1, 0.15) is 11.6 Å². The van der Waals surface area contributed by atoms with Crippen LogP contribution in [0.2, 0.25) is 10.0 Å². The molecule has 4 nitrogen and oxygen atoms in total. The van der Waals surface area contributed by atoms with E-state index in [4.69, 9.17) is 23.2 Å². The lowest BCUT2D eigenvalue weighted by Crippen LogP contribution is -2.15. The van der Waals surface area contributed by atoms with Gasteiger partial charge in [-0.3, -0.25) is 4.79 Å². The Morgan fingerprint density at radius 3 is 2.67 bits per heavy atom. The van der Waals surface area contributed by atoms with Crippen molar-refractivity contribution in [3.05, 3.63) is 56.8 Å². The van der Waals surface area contributed by atoms with Crippen molar-refractivity contribution in [2.24, 2.45) is 0 Å². The first-order valence-corrected chi connectivity index (χ1v) is 6.83. The summed E-state index contributed by atoms with van der Waals surface area (Å²) in [6.45, 7) is 3.53. The van der Waals surface area contributed by atoms with Gasteiger partial charge in [0.05, 0.1) is 15.7 Å². The van der Waals surface area contributed by atoms with Crippen molar-refractivity contribution < 1.29 is 4.79 Å². The van der Waals surface area contributed by atoms with Gasteiger partial charge in [-0.05, 0) is 37.6 Å². The molecule has 0 atom stereocenters. The summed E-state index contributed by atoms with van der Waals surface area (Å²) in [4.78, 5) is 12.3. The summed E-state index contributed by atoms with van der Waals surface area (Å²) < 4.78 is 1.20. The van der Waals surface area contributed by atoms with E-state index in [2.05, 4.69) is 5.10 Å². The van der Waals surface area contributed by atoms with E-state index < -0.39 is 5.91 Å². The lowest BCUT2D eigenvalue weighted by atomic mass is 10.1. The largest absolute Gasteiger partial charge is 0.289 e. The van der Waals surface area contributed by atoms with Crippen LogP contribution in [0.1, 0.15) is 21.7 Å². The van der Waals surface area contributed by atoms with Gasteiger partial charge >= 0.3 is 0 Å². The number of nitrogens with zero attached hydrogens (tertiary/aromatic N) is 3. The number of rotatable bonds is 2. The lowest BCUT2D eigenvalue weighted by Gasteiger charge is -2.04. The smallest absolute Gasteiger partial charge is 0.266 e. The monoisotopic (exact) mass is 319 g/mol. The number of nitriles is 1. The molecule has 2 rings (SSSR count). The molecular formula is C15H11Cl2N3O. The first-order valence-electron chi connectivity index (χ1n) is 6.08. The Hall–Kier alpha value is -2.09. The van der Waals surface area contributed by atoms with Crippen LogP contribution < -0.4 is 0 Å². The van der Waals surface area contributed by atoms with E-state index in [9.17, 15) is 10.1 Å². The van der Waals surface area contributed by atoms with Gasteiger partial charge in [-0.2, -0.15) is 10.4 Å². The molecule has 0 aliphatic carbocycles. The Labute approximate surface area is 132 Å². The fourth-order valence-corrected chi connectivity index (χ4v) is 2.24. The van der Waals surface area contributed by atoms with Crippen molar-refractivity contribution in [2.75, 3.05) is 0 Å². The molecule has 6 heteroatoms. The number of hydrogen-bond acceptors (Lipinski definition) is 3. The fraction of sp³-hybridized carbons (Fsp3) is 0.133. The molecule has 0 bridgehead atoms. The molecule has 0 fully saturated rings. The minimum Gasteiger partial charge on any atom is -0.266 e. The number of halogens is 2. The van der Waals surface area contributed by atoms with Crippen LogP contribution in [0.3, 0.4) is 0 Å². The third-order valence-electron chi connectivity index (χ3n) is 2.83. The average molecular weight is 320 g/mol. The normalized spacial score (nSPS) is 11.3. The Morgan fingerprint density at radius 2 is 2.10 bits per heavy atom. The molecular weight excluding hydrogens is 309 g/mol. The van der Waals surface area contributed by atoms with Crippen molar-refractivity contribution >= 4 is 35.2 Å². The van der Waals surface area contributed by atoms with Crippen LogP contribution in [-0.2, 0) is 0 Å². The van der Waals surface area contributed by atoms with E-state index in [-0.39, 0.29) is 5.57 Å². The zero-order valence-corrected chi connectivity index (χ0v) is 12.9. The Balaban J connectivity index is 2.47. The molecule has 1 heterocycles. The quantitative estimate of drug-likeness (QED) is 0.619. The number of hydrogen-bond donors (Lipinski definition) is 0. The predicted molar refractivity (Wildman–Crippen MR) is 82.4 cm³/mol. The molecule has 0 amide bonds. The first-order chi connectivity index (χ1) is 9.93. The van der Waals surface area contributed by atoms with Crippen LogP contribution in [-0.4, -0.2) is 15.7 Å². The van der Waals surface area contributed by atoms with Gasteiger partial charge in [0.2, 0.25) is 0 Å². The maximum atomic E-state index is 12.3. The van der Waals surface area contributed by atoms with E-state index in [0.29, 0.717) is 27.0 Å². The summed E-state index contributed by atoms with van der Waals surface area (Å²) in [5.74, 6) is -0.501. The van der Waals surface area contributed by atoms with Gasteiger partial charge in [0, 0.05) is 5.69 Å². The third kappa shape index (κ3) is 3.15. The number of benzene rings is 1. The van der Waals surface area contributed by atoms with Crippen LogP contribution in [0, 0.1) is 25.2 Å². The zero-order valence-electron chi connectivity index (χ0n) is 11.4. The summed E-state index contributed by atoms with van der Waals surface area (Å²) in [6, 6.07) is 8.66. The topological polar surface area (TPSA) is 58.7 Å². The number of carbonyl (C=O) groups excluding carboxylic acids is 1. The van der Waals surface area contributed by atoms with E-state index in [0.717, 1.165) is 0 Å². The van der Waals surface area contributed by atoms with Gasteiger partial charge in [0.25, 0.3) is 5.91 Å². The maximum absolute atomic E-state index is 12.3. The maximum Gasteiger partial charge on any atom is 0.289 e. The summed E-state index contributed by atoms with van der Waals surface area (Å²) >= 11 is 12.0. The molecule has 0 aliphatic rings. The number of aryl methyl sites for hydroxylation is 2. The highest BCUT2D eigenvalue weighted by atomic mass is 35.5. The first kappa shape index (κ1) is 15.3. The molecule has 0 radical (unpaired) electrons. The standard InChI is InChI=1S/C15H11Cl2N3O/c1-9-6-10(2)20(19-9)15(21)12(8-18)7-11-4-3-5-13(16)14(11)17/h3-7H,1-2H3/b12-7+. The van der Waals surface area contributed by atoms with Crippen molar-refractivity contribution in [3.63, 3.8) is 0 Å². The van der Waals surface area contributed by atoms with Gasteiger partial charge in [0.15, 0.2) is 0 Å².